The third-order valence-corrected chi connectivity index (χ3v) is 3.21. The minimum absolute atomic E-state index is 0.0857. The van der Waals surface area contributed by atoms with Crippen molar-refractivity contribution in [2.45, 2.75) is 5.92 Å². The van der Waals surface area contributed by atoms with Gasteiger partial charge in [-0.3, -0.25) is 0 Å². The van der Waals surface area contributed by atoms with Crippen LogP contribution >= 0.6 is 0 Å². The summed E-state index contributed by atoms with van der Waals surface area (Å²) >= 11 is 0. The Labute approximate surface area is 111 Å². The summed E-state index contributed by atoms with van der Waals surface area (Å²) < 4.78 is 5.55. The first-order chi connectivity index (χ1) is 9.36. The van der Waals surface area contributed by atoms with Crippen molar-refractivity contribution in [3.63, 3.8) is 0 Å². The first-order valence-electron chi connectivity index (χ1n) is 6.22. The summed E-state index contributed by atoms with van der Waals surface area (Å²) in [5.74, 6) is 1.03. The number of rotatable bonds is 3. The molecule has 2 heteroatoms. The van der Waals surface area contributed by atoms with Gasteiger partial charge in [-0.15, -0.1) is 0 Å². The number of phenolic OH excluding ortho intramolecular Hbond substituents is 1. The predicted molar refractivity (Wildman–Crippen MR) is 74.2 cm³/mol. The second-order valence-electron chi connectivity index (χ2n) is 4.42. The van der Waals surface area contributed by atoms with Crippen molar-refractivity contribution < 1.29 is 9.52 Å². The smallest absolute Gasteiger partial charge is 0.119 e. The lowest BCUT2D eigenvalue weighted by molar-refractivity contribution is 0.456. The number of hydrogen-bond donors (Lipinski definition) is 1. The second kappa shape index (κ2) is 5.02. The monoisotopic (exact) mass is 250 g/mol. The van der Waals surface area contributed by atoms with E-state index < -0.39 is 0 Å². The van der Waals surface area contributed by atoms with Crippen molar-refractivity contribution in [2.75, 3.05) is 0 Å². The number of phenols is 1. The summed E-state index contributed by atoms with van der Waals surface area (Å²) in [6.07, 6.45) is 1.66. The summed E-state index contributed by atoms with van der Waals surface area (Å²) in [7, 11) is 0. The number of aromatic hydroxyl groups is 1. The highest BCUT2D eigenvalue weighted by molar-refractivity contribution is 5.45. The molecule has 2 aromatic carbocycles. The molecule has 0 fully saturated rings. The summed E-state index contributed by atoms with van der Waals surface area (Å²) in [6, 6.07) is 21.2. The maximum absolute atomic E-state index is 10.1. The molecule has 19 heavy (non-hydrogen) atoms. The zero-order valence-electron chi connectivity index (χ0n) is 10.4. The molecule has 2 nitrogen and oxygen atoms in total. The van der Waals surface area contributed by atoms with Crippen LogP contribution < -0.4 is 0 Å². The van der Waals surface area contributed by atoms with Crippen LogP contribution in [-0.2, 0) is 0 Å². The fraction of sp³-hybridized carbons (Fsp3) is 0.0588. The Morgan fingerprint density at radius 1 is 0.789 bits per heavy atom. The Morgan fingerprint density at radius 2 is 1.53 bits per heavy atom. The lowest BCUT2D eigenvalue weighted by Crippen LogP contribution is -2.02. The lowest BCUT2D eigenvalue weighted by atomic mass is 9.88. The Hall–Kier alpha value is -2.48. The van der Waals surface area contributed by atoms with E-state index in [9.17, 15) is 5.11 Å². The number of benzene rings is 2. The molecule has 0 bridgehead atoms. The van der Waals surface area contributed by atoms with Gasteiger partial charge < -0.3 is 9.52 Å². The van der Waals surface area contributed by atoms with E-state index in [2.05, 4.69) is 0 Å². The van der Waals surface area contributed by atoms with Crippen molar-refractivity contribution >= 4 is 0 Å². The average Bonchev–Trinajstić information content (AvgIpc) is 2.96. The van der Waals surface area contributed by atoms with Crippen LogP contribution in [0.4, 0.5) is 0 Å². The lowest BCUT2D eigenvalue weighted by Gasteiger charge is -2.16. The molecule has 0 saturated heterocycles. The van der Waals surface area contributed by atoms with Crippen molar-refractivity contribution in [1.82, 2.24) is 0 Å². The van der Waals surface area contributed by atoms with E-state index in [1.807, 2.05) is 60.7 Å². The molecule has 1 aromatic heterocycles. The third-order valence-electron chi connectivity index (χ3n) is 3.21. The van der Waals surface area contributed by atoms with Crippen molar-refractivity contribution in [1.29, 1.82) is 0 Å². The molecular formula is C17H14O2. The van der Waals surface area contributed by atoms with Gasteiger partial charge >= 0.3 is 0 Å². The van der Waals surface area contributed by atoms with Gasteiger partial charge in [0.1, 0.15) is 11.5 Å². The topological polar surface area (TPSA) is 33.4 Å². The fourth-order valence-electron chi connectivity index (χ4n) is 2.33. The van der Waals surface area contributed by atoms with E-state index >= 15 is 0 Å². The average molecular weight is 250 g/mol. The van der Waals surface area contributed by atoms with Crippen LogP contribution in [0.3, 0.4) is 0 Å². The maximum atomic E-state index is 10.1. The largest absolute Gasteiger partial charge is 0.508 e. The molecule has 3 aromatic rings. The molecule has 0 aliphatic rings. The van der Waals surface area contributed by atoms with Crippen LogP contribution in [0, 0.1) is 0 Å². The highest BCUT2D eigenvalue weighted by atomic mass is 16.3. The first-order valence-corrected chi connectivity index (χ1v) is 6.22. The standard InChI is InChI=1S/C17H14O2/c18-15-10-5-4-9-14(15)17(16-11-6-12-19-16)13-7-2-1-3-8-13/h1-12,17-18H/t17-/m1/s1. The van der Waals surface area contributed by atoms with Crippen molar-refractivity contribution in [2.24, 2.45) is 0 Å². The quantitative estimate of drug-likeness (QED) is 0.757. The molecule has 0 amide bonds. The van der Waals surface area contributed by atoms with E-state index in [1.165, 1.54) is 0 Å². The Morgan fingerprint density at radius 3 is 2.21 bits per heavy atom. The van der Waals surface area contributed by atoms with E-state index in [-0.39, 0.29) is 11.7 Å². The molecule has 1 N–H and O–H groups in total. The molecule has 1 heterocycles. The minimum Gasteiger partial charge on any atom is -0.508 e. The second-order valence-corrected chi connectivity index (χ2v) is 4.42. The molecule has 94 valence electrons. The normalized spacial score (nSPS) is 12.2. The van der Waals surface area contributed by atoms with Crippen molar-refractivity contribution in [3.05, 3.63) is 89.9 Å². The number of furan rings is 1. The van der Waals surface area contributed by atoms with Gasteiger partial charge in [0, 0.05) is 5.56 Å². The highest BCUT2D eigenvalue weighted by Crippen LogP contribution is 2.36. The van der Waals surface area contributed by atoms with Crippen LogP contribution in [0.25, 0.3) is 0 Å². The van der Waals surface area contributed by atoms with Crippen LogP contribution in [0.1, 0.15) is 22.8 Å². The first kappa shape index (κ1) is 11.6. The molecule has 0 unspecified atom stereocenters. The Balaban J connectivity index is 2.16. The zero-order chi connectivity index (χ0) is 13.1. The number of para-hydroxylation sites is 1. The highest BCUT2D eigenvalue weighted by Gasteiger charge is 2.21. The summed E-state index contributed by atoms with van der Waals surface area (Å²) in [5.41, 5.74) is 1.95. The minimum atomic E-state index is -0.0857. The zero-order valence-corrected chi connectivity index (χ0v) is 10.4. The van der Waals surface area contributed by atoms with Gasteiger partial charge in [-0.25, -0.2) is 0 Å². The molecule has 0 radical (unpaired) electrons. The fourth-order valence-corrected chi connectivity index (χ4v) is 2.33. The molecule has 0 saturated carbocycles. The third kappa shape index (κ3) is 2.25. The van der Waals surface area contributed by atoms with Crippen molar-refractivity contribution in [3.8, 4) is 5.75 Å². The van der Waals surface area contributed by atoms with Crippen LogP contribution in [0.15, 0.2) is 77.4 Å². The van der Waals surface area contributed by atoms with Gasteiger partial charge in [-0.1, -0.05) is 48.5 Å². The van der Waals surface area contributed by atoms with Gasteiger partial charge in [-0.2, -0.15) is 0 Å². The van der Waals surface area contributed by atoms with Crippen LogP contribution in [-0.4, -0.2) is 5.11 Å². The van der Waals surface area contributed by atoms with Gasteiger partial charge in [0.15, 0.2) is 0 Å². The molecule has 1 atom stereocenters. The molecular weight excluding hydrogens is 236 g/mol. The van der Waals surface area contributed by atoms with Crippen LogP contribution in [0.5, 0.6) is 5.75 Å². The molecule has 0 aliphatic heterocycles. The van der Waals surface area contributed by atoms with Gasteiger partial charge in [0.05, 0.1) is 12.2 Å². The van der Waals surface area contributed by atoms with Crippen LogP contribution in [0.2, 0.25) is 0 Å². The van der Waals surface area contributed by atoms with Gasteiger partial charge in [-0.05, 0) is 23.8 Å². The molecule has 0 spiro atoms. The predicted octanol–water partition coefficient (Wildman–Crippen LogP) is 4.17. The summed E-state index contributed by atoms with van der Waals surface area (Å²) in [5, 5.41) is 10.1. The molecule has 3 rings (SSSR count). The van der Waals surface area contributed by atoms with E-state index in [0.717, 1.165) is 16.9 Å². The SMILES string of the molecule is Oc1ccccc1[C@@H](c1ccccc1)c1ccco1. The summed E-state index contributed by atoms with van der Waals surface area (Å²) in [4.78, 5) is 0. The maximum Gasteiger partial charge on any atom is 0.119 e. The van der Waals surface area contributed by atoms with Gasteiger partial charge in [0.2, 0.25) is 0 Å². The molecule has 0 aliphatic carbocycles. The van der Waals surface area contributed by atoms with E-state index in [4.69, 9.17) is 4.42 Å². The Bertz CT molecular complexity index is 642. The van der Waals surface area contributed by atoms with E-state index in [0.29, 0.717) is 0 Å². The van der Waals surface area contributed by atoms with Gasteiger partial charge in [0.25, 0.3) is 0 Å². The number of hydrogen-bond acceptors (Lipinski definition) is 2. The van der Waals surface area contributed by atoms with E-state index in [1.54, 1.807) is 12.3 Å². The summed E-state index contributed by atoms with van der Waals surface area (Å²) in [6.45, 7) is 0. The Kier molecular flexibility index (Phi) is 3.07.